The minimum atomic E-state index is -0.0620. The molecule has 0 saturated heterocycles. The van der Waals surface area contributed by atoms with Crippen molar-refractivity contribution in [3.8, 4) is 0 Å². The van der Waals surface area contributed by atoms with Gasteiger partial charge in [0.05, 0.1) is 0 Å². The van der Waals surface area contributed by atoms with Gasteiger partial charge in [-0.15, -0.1) is 0 Å². The van der Waals surface area contributed by atoms with Crippen molar-refractivity contribution in [2.45, 2.75) is 44.2 Å². The van der Waals surface area contributed by atoms with E-state index in [2.05, 4.69) is 17.4 Å². The first-order valence-electron chi connectivity index (χ1n) is 6.87. The Kier molecular flexibility index (Phi) is 2.98. The zero-order valence-electron chi connectivity index (χ0n) is 10.9. The SMILES string of the molecule is CN(C(=O)C1Cc2ccccc2N1)C1CCCC1. The summed E-state index contributed by atoms with van der Waals surface area (Å²) >= 11 is 0. The fraction of sp³-hybridized carbons (Fsp3) is 0.533. The number of hydrogen-bond acceptors (Lipinski definition) is 2. The highest BCUT2D eigenvalue weighted by molar-refractivity contribution is 5.87. The Morgan fingerprint density at radius 2 is 2.00 bits per heavy atom. The van der Waals surface area contributed by atoms with E-state index in [0.29, 0.717) is 6.04 Å². The molecule has 1 N–H and O–H groups in total. The molecule has 0 radical (unpaired) electrons. The molecular formula is C15H20N2O. The van der Waals surface area contributed by atoms with E-state index >= 15 is 0 Å². The van der Waals surface area contributed by atoms with E-state index in [1.165, 1.54) is 31.2 Å². The fourth-order valence-corrected chi connectivity index (χ4v) is 3.16. The van der Waals surface area contributed by atoms with Crippen molar-refractivity contribution in [1.82, 2.24) is 4.90 Å². The lowest BCUT2D eigenvalue weighted by atomic mass is 10.1. The number of carbonyl (C=O) groups excluding carboxylic acids is 1. The van der Waals surface area contributed by atoms with Gasteiger partial charge in [0, 0.05) is 25.2 Å². The predicted octanol–water partition coefficient (Wildman–Crippen LogP) is 2.42. The van der Waals surface area contributed by atoms with Crippen molar-refractivity contribution < 1.29 is 4.79 Å². The number of carbonyl (C=O) groups is 1. The van der Waals surface area contributed by atoms with Crippen LogP contribution in [-0.4, -0.2) is 29.9 Å². The summed E-state index contributed by atoms with van der Waals surface area (Å²) in [4.78, 5) is 14.4. The van der Waals surface area contributed by atoms with Crippen molar-refractivity contribution in [3.63, 3.8) is 0 Å². The van der Waals surface area contributed by atoms with Crippen LogP contribution in [0.15, 0.2) is 24.3 Å². The van der Waals surface area contributed by atoms with Crippen LogP contribution < -0.4 is 5.32 Å². The van der Waals surface area contributed by atoms with Gasteiger partial charge in [-0.3, -0.25) is 4.79 Å². The lowest BCUT2D eigenvalue weighted by molar-refractivity contribution is -0.132. The first kappa shape index (κ1) is 11.6. The Hall–Kier alpha value is -1.51. The van der Waals surface area contributed by atoms with Crippen molar-refractivity contribution in [2.24, 2.45) is 0 Å². The molecule has 1 atom stereocenters. The smallest absolute Gasteiger partial charge is 0.245 e. The Bertz CT molecular complexity index is 427. The van der Waals surface area contributed by atoms with Crippen molar-refractivity contribution >= 4 is 11.6 Å². The van der Waals surface area contributed by atoms with E-state index in [-0.39, 0.29) is 11.9 Å². The molecule has 96 valence electrons. The van der Waals surface area contributed by atoms with Crippen LogP contribution in [0.2, 0.25) is 0 Å². The molecule has 0 spiro atoms. The topological polar surface area (TPSA) is 32.3 Å². The van der Waals surface area contributed by atoms with Gasteiger partial charge in [-0.2, -0.15) is 0 Å². The average molecular weight is 244 g/mol. The maximum absolute atomic E-state index is 12.5. The van der Waals surface area contributed by atoms with E-state index in [4.69, 9.17) is 0 Å². The number of rotatable bonds is 2. The van der Waals surface area contributed by atoms with E-state index in [9.17, 15) is 4.79 Å². The monoisotopic (exact) mass is 244 g/mol. The Morgan fingerprint density at radius 1 is 1.28 bits per heavy atom. The summed E-state index contributed by atoms with van der Waals surface area (Å²) in [5, 5.41) is 3.35. The third-order valence-corrected chi connectivity index (χ3v) is 4.29. The zero-order chi connectivity index (χ0) is 12.5. The van der Waals surface area contributed by atoms with Crippen LogP contribution in [0.3, 0.4) is 0 Å². The minimum Gasteiger partial charge on any atom is -0.373 e. The van der Waals surface area contributed by atoms with Crippen LogP contribution in [0.5, 0.6) is 0 Å². The minimum absolute atomic E-state index is 0.0620. The van der Waals surface area contributed by atoms with Crippen LogP contribution in [-0.2, 0) is 11.2 Å². The summed E-state index contributed by atoms with van der Waals surface area (Å²) in [6.07, 6.45) is 5.69. The highest BCUT2D eigenvalue weighted by Gasteiger charge is 2.32. The normalized spacial score (nSPS) is 22.6. The van der Waals surface area contributed by atoms with Gasteiger partial charge in [0.2, 0.25) is 5.91 Å². The van der Waals surface area contributed by atoms with Gasteiger partial charge >= 0.3 is 0 Å². The van der Waals surface area contributed by atoms with E-state index < -0.39 is 0 Å². The number of likely N-dealkylation sites (N-methyl/N-ethyl adjacent to an activating group) is 1. The van der Waals surface area contributed by atoms with Crippen LogP contribution >= 0.6 is 0 Å². The first-order valence-corrected chi connectivity index (χ1v) is 6.87. The molecule has 0 aromatic heterocycles. The molecule has 3 heteroatoms. The molecule has 1 aromatic rings. The summed E-state index contributed by atoms with van der Waals surface area (Å²) in [6, 6.07) is 8.60. The molecule has 1 heterocycles. The first-order chi connectivity index (χ1) is 8.75. The third-order valence-electron chi connectivity index (χ3n) is 4.29. The van der Waals surface area contributed by atoms with Crippen molar-refractivity contribution in [2.75, 3.05) is 12.4 Å². The molecular weight excluding hydrogens is 224 g/mol. The van der Waals surface area contributed by atoms with Crippen molar-refractivity contribution in [3.05, 3.63) is 29.8 Å². The number of nitrogens with zero attached hydrogens (tertiary/aromatic N) is 1. The second-order valence-electron chi connectivity index (χ2n) is 5.45. The number of nitrogens with one attached hydrogen (secondary N) is 1. The summed E-state index contributed by atoms with van der Waals surface area (Å²) < 4.78 is 0. The van der Waals surface area contributed by atoms with E-state index in [1.54, 1.807) is 0 Å². The molecule has 3 nitrogen and oxygen atoms in total. The molecule has 1 amide bonds. The molecule has 3 rings (SSSR count). The largest absolute Gasteiger partial charge is 0.373 e. The summed E-state index contributed by atoms with van der Waals surface area (Å²) in [5.74, 6) is 0.248. The standard InChI is InChI=1S/C15H20N2O/c1-17(12-7-3-4-8-12)15(18)14-10-11-6-2-5-9-13(11)16-14/h2,5-6,9,12,14,16H,3-4,7-8,10H2,1H3. The third kappa shape index (κ3) is 1.98. The number of benzene rings is 1. The van der Waals surface area contributed by atoms with Gasteiger partial charge in [0.15, 0.2) is 0 Å². The van der Waals surface area contributed by atoms with Crippen molar-refractivity contribution in [1.29, 1.82) is 0 Å². The lowest BCUT2D eigenvalue weighted by Gasteiger charge is -2.27. The van der Waals surface area contributed by atoms with Crippen LogP contribution in [0.1, 0.15) is 31.2 Å². The summed E-state index contributed by atoms with van der Waals surface area (Å²) in [6.45, 7) is 0. The lowest BCUT2D eigenvalue weighted by Crippen LogP contribution is -2.44. The van der Waals surface area contributed by atoms with E-state index in [1.807, 2.05) is 24.1 Å². The van der Waals surface area contributed by atoms with Gasteiger partial charge in [-0.1, -0.05) is 31.0 Å². The second kappa shape index (κ2) is 4.63. The van der Waals surface area contributed by atoms with Crippen LogP contribution in [0, 0.1) is 0 Å². The van der Waals surface area contributed by atoms with E-state index in [0.717, 1.165) is 12.1 Å². The van der Waals surface area contributed by atoms with Gasteiger partial charge in [-0.25, -0.2) is 0 Å². The highest BCUT2D eigenvalue weighted by atomic mass is 16.2. The van der Waals surface area contributed by atoms with Gasteiger partial charge in [0.25, 0.3) is 0 Å². The number of para-hydroxylation sites is 1. The predicted molar refractivity (Wildman–Crippen MR) is 72.6 cm³/mol. The molecule has 1 fully saturated rings. The van der Waals surface area contributed by atoms with Gasteiger partial charge in [0.1, 0.15) is 6.04 Å². The molecule has 1 aliphatic heterocycles. The molecule has 0 bridgehead atoms. The Labute approximate surface area is 108 Å². The zero-order valence-corrected chi connectivity index (χ0v) is 10.9. The molecule has 1 aliphatic carbocycles. The molecule has 18 heavy (non-hydrogen) atoms. The van der Waals surface area contributed by atoms with Gasteiger partial charge < -0.3 is 10.2 Å². The Morgan fingerprint density at radius 3 is 2.72 bits per heavy atom. The molecule has 1 aromatic carbocycles. The quantitative estimate of drug-likeness (QED) is 0.866. The molecule has 1 saturated carbocycles. The molecule has 1 unspecified atom stereocenters. The second-order valence-corrected chi connectivity index (χ2v) is 5.45. The van der Waals surface area contributed by atoms with Crippen LogP contribution in [0.4, 0.5) is 5.69 Å². The number of amides is 1. The maximum Gasteiger partial charge on any atom is 0.245 e. The van der Waals surface area contributed by atoms with Crippen LogP contribution in [0.25, 0.3) is 0 Å². The number of hydrogen-bond donors (Lipinski definition) is 1. The Balaban J connectivity index is 1.68. The highest BCUT2D eigenvalue weighted by Crippen LogP contribution is 2.28. The summed E-state index contributed by atoms with van der Waals surface area (Å²) in [7, 11) is 1.96. The average Bonchev–Trinajstić information content (AvgIpc) is 3.05. The maximum atomic E-state index is 12.5. The number of fused-ring (bicyclic) bond motifs is 1. The molecule has 2 aliphatic rings. The fourth-order valence-electron chi connectivity index (χ4n) is 3.16. The van der Waals surface area contributed by atoms with Gasteiger partial charge in [-0.05, 0) is 24.5 Å². The number of anilines is 1. The summed E-state index contributed by atoms with van der Waals surface area (Å²) in [5.41, 5.74) is 2.38.